The standard InChI is InChI=1S/C14H18N4O2/c1-14(2,3)10-4-6-11(7-5-10)18-9-12(8-16-17-15)20-13(18)19/h4-7,12H,8-9H2,1-3H3. The third-order valence-electron chi connectivity index (χ3n) is 3.27. The van der Waals surface area contributed by atoms with Crippen LogP contribution in [0.5, 0.6) is 0 Å². The zero-order valence-electron chi connectivity index (χ0n) is 11.9. The van der Waals surface area contributed by atoms with E-state index in [1.807, 2.05) is 24.3 Å². The highest BCUT2D eigenvalue weighted by Gasteiger charge is 2.31. The molecule has 1 atom stereocenters. The number of carbonyl (C=O) groups excluding carboxylic acids is 1. The van der Waals surface area contributed by atoms with E-state index < -0.39 is 6.09 Å². The molecule has 1 aliphatic rings. The van der Waals surface area contributed by atoms with E-state index >= 15 is 0 Å². The van der Waals surface area contributed by atoms with Crippen LogP contribution in [0.4, 0.5) is 10.5 Å². The Morgan fingerprint density at radius 2 is 2.05 bits per heavy atom. The molecule has 1 aliphatic heterocycles. The maximum absolute atomic E-state index is 11.8. The topological polar surface area (TPSA) is 78.3 Å². The summed E-state index contributed by atoms with van der Waals surface area (Å²) >= 11 is 0. The Balaban J connectivity index is 2.12. The van der Waals surface area contributed by atoms with E-state index in [4.69, 9.17) is 10.3 Å². The third kappa shape index (κ3) is 3.03. The quantitative estimate of drug-likeness (QED) is 0.479. The molecule has 1 aromatic rings. The Bertz CT molecular complexity index is 541. The van der Waals surface area contributed by atoms with Crippen molar-refractivity contribution in [3.8, 4) is 0 Å². The minimum Gasteiger partial charge on any atom is -0.444 e. The van der Waals surface area contributed by atoms with Crippen molar-refractivity contribution >= 4 is 11.8 Å². The number of cyclic esters (lactones) is 1. The lowest BCUT2D eigenvalue weighted by Crippen LogP contribution is -2.25. The second-order valence-electron chi connectivity index (χ2n) is 5.83. The summed E-state index contributed by atoms with van der Waals surface area (Å²) < 4.78 is 5.15. The van der Waals surface area contributed by atoms with Crippen molar-refractivity contribution in [3.05, 3.63) is 40.3 Å². The normalized spacial score (nSPS) is 18.6. The lowest BCUT2D eigenvalue weighted by molar-refractivity contribution is 0.145. The van der Waals surface area contributed by atoms with E-state index in [1.54, 1.807) is 4.90 Å². The molecule has 1 heterocycles. The molecule has 0 bridgehead atoms. The van der Waals surface area contributed by atoms with Crippen LogP contribution in [0.2, 0.25) is 0 Å². The summed E-state index contributed by atoms with van der Waals surface area (Å²) in [4.78, 5) is 16.0. The molecular weight excluding hydrogens is 256 g/mol. The van der Waals surface area contributed by atoms with Gasteiger partial charge in [0.15, 0.2) is 0 Å². The van der Waals surface area contributed by atoms with E-state index in [1.165, 1.54) is 5.56 Å². The molecule has 1 saturated heterocycles. The number of azide groups is 1. The van der Waals surface area contributed by atoms with Gasteiger partial charge in [-0.3, -0.25) is 4.90 Å². The summed E-state index contributed by atoms with van der Waals surface area (Å²) in [6.45, 7) is 7.00. The SMILES string of the molecule is CC(C)(C)c1ccc(N2CC(CN=[N+]=[N-])OC2=O)cc1. The number of carbonyl (C=O) groups is 1. The smallest absolute Gasteiger partial charge is 0.414 e. The molecule has 20 heavy (non-hydrogen) atoms. The van der Waals surface area contributed by atoms with Gasteiger partial charge in [-0.15, -0.1) is 0 Å². The van der Waals surface area contributed by atoms with E-state index in [9.17, 15) is 4.79 Å². The largest absolute Gasteiger partial charge is 0.444 e. The van der Waals surface area contributed by atoms with Crippen LogP contribution in [-0.4, -0.2) is 25.3 Å². The Morgan fingerprint density at radius 3 is 2.60 bits per heavy atom. The van der Waals surface area contributed by atoms with Gasteiger partial charge in [-0.1, -0.05) is 38.0 Å². The fourth-order valence-electron chi connectivity index (χ4n) is 2.10. The van der Waals surface area contributed by atoms with Gasteiger partial charge in [-0.25, -0.2) is 4.79 Å². The lowest BCUT2D eigenvalue weighted by atomic mass is 9.87. The molecule has 106 valence electrons. The summed E-state index contributed by atoms with van der Waals surface area (Å²) in [5, 5.41) is 3.44. The first-order valence-electron chi connectivity index (χ1n) is 6.51. The first kappa shape index (κ1) is 14.2. The third-order valence-corrected chi connectivity index (χ3v) is 3.27. The van der Waals surface area contributed by atoms with Crippen molar-refractivity contribution in [1.29, 1.82) is 0 Å². The molecule has 1 aromatic carbocycles. The summed E-state index contributed by atoms with van der Waals surface area (Å²) in [7, 11) is 0. The number of benzene rings is 1. The number of nitrogens with zero attached hydrogens (tertiary/aromatic N) is 4. The molecule has 2 rings (SSSR count). The van der Waals surface area contributed by atoms with E-state index in [2.05, 4.69) is 30.8 Å². The summed E-state index contributed by atoms with van der Waals surface area (Å²) in [6, 6.07) is 7.86. The molecule has 0 N–H and O–H groups in total. The average Bonchev–Trinajstić information content (AvgIpc) is 2.77. The van der Waals surface area contributed by atoms with E-state index in [-0.39, 0.29) is 18.1 Å². The van der Waals surface area contributed by atoms with E-state index in [0.29, 0.717) is 6.54 Å². The zero-order valence-corrected chi connectivity index (χ0v) is 11.9. The van der Waals surface area contributed by atoms with Crippen molar-refractivity contribution in [1.82, 2.24) is 0 Å². The van der Waals surface area contributed by atoms with Gasteiger partial charge < -0.3 is 4.74 Å². The second kappa shape index (κ2) is 5.43. The van der Waals surface area contributed by atoms with Crippen LogP contribution in [-0.2, 0) is 10.2 Å². The highest BCUT2D eigenvalue weighted by Crippen LogP contribution is 2.27. The van der Waals surface area contributed by atoms with Crippen LogP contribution in [0.1, 0.15) is 26.3 Å². The van der Waals surface area contributed by atoms with Gasteiger partial charge in [-0.05, 0) is 28.6 Å². The number of anilines is 1. The number of hydrogen-bond acceptors (Lipinski definition) is 3. The Kier molecular flexibility index (Phi) is 3.86. The van der Waals surface area contributed by atoms with Gasteiger partial charge in [0, 0.05) is 10.6 Å². The van der Waals surface area contributed by atoms with Gasteiger partial charge >= 0.3 is 6.09 Å². The summed E-state index contributed by atoms with van der Waals surface area (Å²) in [6.07, 6.45) is -0.771. The Morgan fingerprint density at radius 1 is 1.40 bits per heavy atom. The monoisotopic (exact) mass is 274 g/mol. The zero-order chi connectivity index (χ0) is 14.8. The minimum absolute atomic E-state index is 0.0775. The van der Waals surface area contributed by atoms with Gasteiger partial charge in [-0.2, -0.15) is 0 Å². The molecule has 0 radical (unpaired) electrons. The second-order valence-corrected chi connectivity index (χ2v) is 5.83. The molecule has 1 amide bonds. The first-order valence-corrected chi connectivity index (χ1v) is 6.51. The average molecular weight is 274 g/mol. The van der Waals surface area contributed by atoms with Crippen molar-refractivity contribution in [2.75, 3.05) is 18.0 Å². The van der Waals surface area contributed by atoms with Crippen molar-refractivity contribution < 1.29 is 9.53 Å². The van der Waals surface area contributed by atoms with Crippen molar-refractivity contribution in [2.24, 2.45) is 5.11 Å². The maximum atomic E-state index is 11.8. The van der Waals surface area contributed by atoms with Crippen molar-refractivity contribution in [2.45, 2.75) is 32.3 Å². The first-order chi connectivity index (χ1) is 9.41. The van der Waals surface area contributed by atoms with Gasteiger partial charge in [0.2, 0.25) is 0 Å². The van der Waals surface area contributed by atoms with Crippen LogP contribution in [0.25, 0.3) is 10.4 Å². The van der Waals surface area contributed by atoms with Crippen LogP contribution in [0.15, 0.2) is 29.4 Å². The van der Waals surface area contributed by atoms with Crippen LogP contribution >= 0.6 is 0 Å². The minimum atomic E-state index is -0.397. The van der Waals surface area contributed by atoms with Crippen molar-refractivity contribution in [3.63, 3.8) is 0 Å². The molecule has 0 aromatic heterocycles. The number of rotatable bonds is 3. The Labute approximate surface area is 118 Å². The van der Waals surface area contributed by atoms with Crippen LogP contribution in [0, 0.1) is 0 Å². The molecule has 1 unspecified atom stereocenters. The van der Waals surface area contributed by atoms with Gasteiger partial charge in [0.25, 0.3) is 0 Å². The fraction of sp³-hybridized carbons (Fsp3) is 0.500. The highest BCUT2D eigenvalue weighted by molar-refractivity contribution is 5.89. The fourth-order valence-corrected chi connectivity index (χ4v) is 2.10. The maximum Gasteiger partial charge on any atom is 0.414 e. The molecular formula is C14H18N4O2. The molecule has 6 nitrogen and oxygen atoms in total. The van der Waals surface area contributed by atoms with Gasteiger partial charge in [0.1, 0.15) is 6.10 Å². The molecule has 1 fully saturated rings. The number of hydrogen-bond donors (Lipinski definition) is 0. The summed E-state index contributed by atoms with van der Waals surface area (Å²) in [5.41, 5.74) is 10.4. The number of amides is 1. The lowest BCUT2D eigenvalue weighted by Gasteiger charge is -2.20. The highest BCUT2D eigenvalue weighted by atomic mass is 16.6. The van der Waals surface area contributed by atoms with E-state index in [0.717, 1.165) is 5.69 Å². The predicted molar refractivity (Wildman–Crippen MR) is 76.8 cm³/mol. The summed E-state index contributed by atoms with van der Waals surface area (Å²) in [5.74, 6) is 0. The molecule has 6 heteroatoms. The molecule has 0 aliphatic carbocycles. The predicted octanol–water partition coefficient (Wildman–Crippen LogP) is 3.62. The van der Waals surface area contributed by atoms with Crippen LogP contribution < -0.4 is 4.90 Å². The molecule has 0 spiro atoms. The molecule has 0 saturated carbocycles. The Hall–Kier alpha value is -2.20. The van der Waals surface area contributed by atoms with Crippen LogP contribution in [0.3, 0.4) is 0 Å². The number of ether oxygens (including phenoxy) is 1. The van der Waals surface area contributed by atoms with Gasteiger partial charge in [0.05, 0.1) is 13.1 Å².